The van der Waals surface area contributed by atoms with Crippen molar-refractivity contribution in [2.45, 2.75) is 63.8 Å². The molecule has 1 fully saturated rings. The molecule has 0 aromatic heterocycles. The molecule has 0 amide bonds. The molecular weight excluding hydrogens is 230 g/mol. The molecule has 1 heterocycles. The van der Waals surface area contributed by atoms with Crippen LogP contribution in [0.3, 0.4) is 0 Å². The van der Waals surface area contributed by atoms with Gasteiger partial charge in [0.15, 0.2) is 0 Å². The molecule has 17 heavy (non-hydrogen) atoms. The summed E-state index contributed by atoms with van der Waals surface area (Å²) < 4.78 is 0. The predicted octanol–water partition coefficient (Wildman–Crippen LogP) is 3.10. The minimum atomic E-state index is 0.351. The molecule has 0 saturated carbocycles. The van der Waals surface area contributed by atoms with Gasteiger partial charge in [-0.2, -0.15) is 12.6 Å². The van der Waals surface area contributed by atoms with Crippen LogP contribution in [0.5, 0.6) is 0 Å². The summed E-state index contributed by atoms with van der Waals surface area (Å²) in [5.74, 6) is 1.04. The maximum Gasteiger partial charge on any atom is 0.0586 e. The van der Waals surface area contributed by atoms with E-state index in [1.807, 2.05) is 0 Å². The Balaban J connectivity index is 1.87. The largest absolute Gasteiger partial charge is 0.395 e. The van der Waals surface area contributed by atoms with Gasteiger partial charge < -0.3 is 5.11 Å². The van der Waals surface area contributed by atoms with Crippen molar-refractivity contribution in [2.75, 3.05) is 25.4 Å². The quantitative estimate of drug-likeness (QED) is 0.465. The molecule has 0 aromatic carbocycles. The highest BCUT2D eigenvalue weighted by molar-refractivity contribution is 7.80. The second kappa shape index (κ2) is 10.2. The Morgan fingerprint density at radius 1 is 1.00 bits per heavy atom. The molecule has 2 nitrogen and oxygen atoms in total. The van der Waals surface area contributed by atoms with Gasteiger partial charge in [0.1, 0.15) is 0 Å². The van der Waals surface area contributed by atoms with Crippen LogP contribution in [0.1, 0.15) is 57.8 Å². The standard InChI is InChI=1S/C14H29NOS/c16-13-14-9-8-11-15(14)10-6-4-2-1-3-5-7-12-17/h14,16-17H,1-13H2. The first kappa shape index (κ1) is 15.3. The van der Waals surface area contributed by atoms with E-state index in [4.69, 9.17) is 0 Å². The smallest absolute Gasteiger partial charge is 0.0586 e. The van der Waals surface area contributed by atoms with Crippen molar-refractivity contribution in [3.8, 4) is 0 Å². The van der Waals surface area contributed by atoms with E-state index in [9.17, 15) is 5.11 Å². The van der Waals surface area contributed by atoms with E-state index in [1.54, 1.807) is 0 Å². The monoisotopic (exact) mass is 259 g/mol. The van der Waals surface area contributed by atoms with E-state index in [1.165, 1.54) is 70.9 Å². The Labute approximate surface area is 112 Å². The van der Waals surface area contributed by atoms with E-state index >= 15 is 0 Å². The highest BCUT2D eigenvalue weighted by Crippen LogP contribution is 2.17. The Hall–Kier alpha value is 0.270. The van der Waals surface area contributed by atoms with E-state index in [0.717, 1.165) is 5.75 Å². The normalized spacial score (nSPS) is 21.2. The van der Waals surface area contributed by atoms with Crippen LogP contribution in [0.15, 0.2) is 0 Å². The second-order valence-electron chi connectivity index (χ2n) is 5.21. The van der Waals surface area contributed by atoms with Gasteiger partial charge in [0.2, 0.25) is 0 Å². The molecule has 1 aliphatic heterocycles. The SMILES string of the molecule is OCC1CCCN1CCCCCCCCCS. The van der Waals surface area contributed by atoms with E-state index in [2.05, 4.69) is 17.5 Å². The number of unbranched alkanes of at least 4 members (excludes halogenated alkanes) is 6. The van der Waals surface area contributed by atoms with Crippen LogP contribution in [0, 0.1) is 0 Å². The van der Waals surface area contributed by atoms with Crippen molar-refractivity contribution in [2.24, 2.45) is 0 Å². The van der Waals surface area contributed by atoms with Crippen molar-refractivity contribution in [3.05, 3.63) is 0 Å². The molecule has 1 rings (SSSR count). The summed E-state index contributed by atoms with van der Waals surface area (Å²) in [5.41, 5.74) is 0. The maximum absolute atomic E-state index is 9.21. The number of rotatable bonds is 10. The molecule has 1 N–H and O–H groups in total. The van der Waals surface area contributed by atoms with Crippen LogP contribution in [-0.2, 0) is 0 Å². The third-order valence-electron chi connectivity index (χ3n) is 3.81. The Morgan fingerprint density at radius 3 is 2.29 bits per heavy atom. The van der Waals surface area contributed by atoms with Crippen molar-refractivity contribution < 1.29 is 5.11 Å². The minimum absolute atomic E-state index is 0.351. The number of aliphatic hydroxyl groups is 1. The Kier molecular flexibility index (Phi) is 9.21. The molecule has 102 valence electrons. The fraction of sp³-hybridized carbons (Fsp3) is 1.00. The number of thiol groups is 1. The zero-order valence-corrected chi connectivity index (χ0v) is 12.0. The van der Waals surface area contributed by atoms with E-state index < -0.39 is 0 Å². The van der Waals surface area contributed by atoms with Gasteiger partial charge in [-0.3, -0.25) is 4.90 Å². The van der Waals surface area contributed by atoms with Crippen LogP contribution < -0.4 is 0 Å². The van der Waals surface area contributed by atoms with Gasteiger partial charge in [-0.05, 0) is 44.5 Å². The van der Waals surface area contributed by atoms with Crippen LogP contribution in [0.25, 0.3) is 0 Å². The van der Waals surface area contributed by atoms with Gasteiger partial charge >= 0.3 is 0 Å². The molecule has 1 aliphatic rings. The van der Waals surface area contributed by atoms with E-state index in [-0.39, 0.29) is 0 Å². The van der Waals surface area contributed by atoms with Crippen LogP contribution in [0.4, 0.5) is 0 Å². The lowest BCUT2D eigenvalue weighted by Gasteiger charge is -2.22. The lowest BCUT2D eigenvalue weighted by molar-refractivity contribution is 0.157. The van der Waals surface area contributed by atoms with Gasteiger partial charge in [0.05, 0.1) is 6.61 Å². The van der Waals surface area contributed by atoms with Crippen LogP contribution in [0.2, 0.25) is 0 Å². The van der Waals surface area contributed by atoms with E-state index in [0.29, 0.717) is 12.6 Å². The van der Waals surface area contributed by atoms with Gasteiger partial charge in [-0.1, -0.05) is 32.1 Å². The van der Waals surface area contributed by atoms with Crippen molar-refractivity contribution in [1.29, 1.82) is 0 Å². The predicted molar refractivity (Wildman–Crippen MR) is 77.9 cm³/mol. The molecule has 0 aliphatic carbocycles. The van der Waals surface area contributed by atoms with Crippen molar-refractivity contribution in [3.63, 3.8) is 0 Å². The van der Waals surface area contributed by atoms with Gasteiger partial charge in [-0.25, -0.2) is 0 Å². The summed E-state index contributed by atoms with van der Waals surface area (Å²) in [5, 5.41) is 9.21. The molecule has 0 spiro atoms. The zero-order valence-electron chi connectivity index (χ0n) is 11.1. The van der Waals surface area contributed by atoms with Gasteiger partial charge in [0.25, 0.3) is 0 Å². The first-order chi connectivity index (χ1) is 8.38. The summed E-state index contributed by atoms with van der Waals surface area (Å²) in [7, 11) is 0. The lowest BCUT2D eigenvalue weighted by atomic mass is 10.1. The number of hydrogen-bond donors (Lipinski definition) is 2. The summed E-state index contributed by atoms with van der Waals surface area (Å²) in [6.07, 6.45) is 11.9. The molecule has 0 bridgehead atoms. The molecular formula is C14H29NOS. The van der Waals surface area contributed by atoms with Gasteiger partial charge in [0, 0.05) is 6.04 Å². The van der Waals surface area contributed by atoms with Crippen LogP contribution in [-0.4, -0.2) is 41.5 Å². The fourth-order valence-electron chi connectivity index (χ4n) is 2.71. The highest BCUT2D eigenvalue weighted by Gasteiger charge is 2.22. The molecule has 1 atom stereocenters. The summed E-state index contributed by atoms with van der Waals surface area (Å²) in [6, 6.07) is 0.463. The molecule has 0 radical (unpaired) electrons. The summed E-state index contributed by atoms with van der Waals surface area (Å²) in [6.45, 7) is 2.75. The van der Waals surface area contributed by atoms with Gasteiger partial charge in [-0.15, -0.1) is 0 Å². The zero-order chi connectivity index (χ0) is 12.3. The average Bonchev–Trinajstić information content (AvgIpc) is 2.80. The first-order valence-electron chi connectivity index (χ1n) is 7.34. The third kappa shape index (κ3) is 6.68. The minimum Gasteiger partial charge on any atom is -0.395 e. The first-order valence-corrected chi connectivity index (χ1v) is 7.97. The maximum atomic E-state index is 9.21. The third-order valence-corrected chi connectivity index (χ3v) is 4.13. The lowest BCUT2D eigenvalue weighted by Crippen LogP contribution is -2.32. The molecule has 1 saturated heterocycles. The number of nitrogens with zero attached hydrogens (tertiary/aromatic N) is 1. The van der Waals surface area contributed by atoms with Crippen molar-refractivity contribution in [1.82, 2.24) is 4.90 Å². The number of likely N-dealkylation sites (tertiary alicyclic amines) is 1. The second-order valence-corrected chi connectivity index (χ2v) is 5.66. The number of aliphatic hydroxyl groups excluding tert-OH is 1. The summed E-state index contributed by atoms with van der Waals surface area (Å²) >= 11 is 4.22. The fourth-order valence-corrected chi connectivity index (χ4v) is 2.93. The molecule has 0 aromatic rings. The van der Waals surface area contributed by atoms with Crippen molar-refractivity contribution >= 4 is 12.6 Å². The number of hydrogen-bond acceptors (Lipinski definition) is 3. The Morgan fingerprint density at radius 2 is 1.65 bits per heavy atom. The average molecular weight is 259 g/mol. The Bertz CT molecular complexity index is 178. The molecule has 3 heteroatoms. The molecule has 1 unspecified atom stereocenters. The topological polar surface area (TPSA) is 23.5 Å². The summed E-state index contributed by atoms with van der Waals surface area (Å²) in [4.78, 5) is 2.47. The van der Waals surface area contributed by atoms with Crippen LogP contribution >= 0.6 is 12.6 Å². The highest BCUT2D eigenvalue weighted by atomic mass is 32.1.